The van der Waals surface area contributed by atoms with Crippen molar-refractivity contribution in [1.29, 1.82) is 0 Å². The summed E-state index contributed by atoms with van der Waals surface area (Å²) in [5, 5.41) is 0. The Hall–Kier alpha value is -2.80. The van der Waals surface area contributed by atoms with Gasteiger partial charge in [-0.05, 0) is 33.3 Å². The molecule has 0 aliphatic rings. The summed E-state index contributed by atoms with van der Waals surface area (Å²) >= 11 is 0. The molecule has 0 spiro atoms. The van der Waals surface area contributed by atoms with Gasteiger partial charge < -0.3 is 18.6 Å². The second kappa shape index (κ2) is 17.5. The van der Waals surface area contributed by atoms with Gasteiger partial charge in [0.1, 0.15) is 18.3 Å². The summed E-state index contributed by atoms with van der Waals surface area (Å²) in [6.07, 6.45) is 1.86. The molecule has 0 heterocycles. The molecule has 3 aromatic rings. The van der Waals surface area contributed by atoms with Gasteiger partial charge in [-0.25, -0.2) is 0 Å². The van der Waals surface area contributed by atoms with Crippen molar-refractivity contribution in [3.8, 4) is 0 Å². The maximum atomic E-state index is 7.34. The number of rotatable bonds is 19. The molecule has 0 amide bonds. The molecule has 0 aliphatic heterocycles. The van der Waals surface area contributed by atoms with E-state index in [9.17, 15) is 0 Å². The van der Waals surface area contributed by atoms with Crippen molar-refractivity contribution in [1.82, 2.24) is 0 Å². The quantitative estimate of drug-likeness (QED) is 0.101. The smallest absolute Gasteiger partial charge is 0.201 e. The first-order valence-electron chi connectivity index (χ1n) is 15.6. The van der Waals surface area contributed by atoms with Gasteiger partial charge in [-0.1, -0.05) is 145 Å². The number of benzene rings is 3. The summed E-state index contributed by atoms with van der Waals surface area (Å²) < 4.78 is 27.5. The predicted molar refractivity (Wildman–Crippen MR) is 181 cm³/mol. The van der Waals surface area contributed by atoms with Crippen LogP contribution < -0.4 is 0 Å². The van der Waals surface area contributed by atoms with Gasteiger partial charge in [-0.2, -0.15) is 0 Å². The minimum Gasteiger partial charge on any atom is -0.407 e. The average molecular weight is 601 g/mol. The van der Waals surface area contributed by atoms with Gasteiger partial charge in [-0.3, -0.25) is 0 Å². The van der Waals surface area contributed by atoms with E-state index in [0.29, 0.717) is 36.4 Å². The maximum Gasteiger partial charge on any atom is 0.201 e. The predicted octanol–water partition coefficient (Wildman–Crippen LogP) is 9.68. The zero-order valence-corrected chi connectivity index (χ0v) is 28.0. The van der Waals surface area contributed by atoms with Crippen LogP contribution in [0.1, 0.15) is 58.2 Å². The molecule has 232 valence electrons. The van der Waals surface area contributed by atoms with Crippen molar-refractivity contribution >= 4 is 8.32 Å². The molecule has 0 saturated carbocycles. The fraction of sp³-hybridized carbons (Fsp3) is 0.421. The Morgan fingerprint density at radius 1 is 0.512 bits per heavy atom. The standard InChI is InChI=1S/C38H52O4Si/c1-9-35(39-26-32-20-14-11-15-21-32)37(40-27-33-22-16-12-17-23-33)38(41-28-34-24-18-13-19-25-34)36(10-2)42-43(29(3)4,30(5)6)31(7)8/h9-25,29-31,35-38H,1-2,26-28H2,3-8H3/t35-,36-,37+,38-/m0/s1. The van der Waals surface area contributed by atoms with E-state index in [2.05, 4.69) is 91.1 Å². The zero-order valence-electron chi connectivity index (χ0n) is 27.0. The molecule has 0 radical (unpaired) electrons. The normalized spacial score (nSPS) is 14.9. The molecule has 0 N–H and O–H groups in total. The lowest BCUT2D eigenvalue weighted by molar-refractivity contribution is -0.159. The van der Waals surface area contributed by atoms with E-state index in [0.717, 1.165) is 16.7 Å². The first-order chi connectivity index (χ1) is 20.7. The van der Waals surface area contributed by atoms with Gasteiger partial charge in [0.15, 0.2) is 0 Å². The first kappa shape index (κ1) is 34.7. The van der Waals surface area contributed by atoms with Crippen molar-refractivity contribution in [3.63, 3.8) is 0 Å². The third kappa shape index (κ3) is 9.59. The largest absolute Gasteiger partial charge is 0.407 e. The van der Waals surface area contributed by atoms with Gasteiger partial charge >= 0.3 is 0 Å². The first-order valence-corrected chi connectivity index (χ1v) is 17.8. The molecule has 4 atom stereocenters. The molecule has 43 heavy (non-hydrogen) atoms. The van der Waals surface area contributed by atoms with E-state index in [4.69, 9.17) is 18.6 Å². The highest BCUT2D eigenvalue weighted by atomic mass is 28.4. The van der Waals surface area contributed by atoms with E-state index in [1.54, 1.807) is 0 Å². The van der Waals surface area contributed by atoms with E-state index in [-0.39, 0.29) is 0 Å². The summed E-state index contributed by atoms with van der Waals surface area (Å²) in [6, 6.07) is 30.6. The van der Waals surface area contributed by atoms with Crippen molar-refractivity contribution in [3.05, 3.63) is 133 Å². The van der Waals surface area contributed by atoms with Crippen LogP contribution in [0.25, 0.3) is 0 Å². The van der Waals surface area contributed by atoms with E-state index >= 15 is 0 Å². The molecule has 5 heteroatoms. The Balaban J connectivity index is 2.04. The van der Waals surface area contributed by atoms with Crippen LogP contribution in [0.3, 0.4) is 0 Å². The van der Waals surface area contributed by atoms with E-state index in [1.807, 2.05) is 66.7 Å². The Labute approximate surface area is 261 Å². The van der Waals surface area contributed by atoms with Crippen LogP contribution in [0.4, 0.5) is 0 Å². The Bertz CT molecular complexity index is 1170. The molecular formula is C38H52O4Si. The summed E-state index contributed by atoms with van der Waals surface area (Å²) in [7, 11) is -2.31. The number of ether oxygens (including phenoxy) is 3. The monoisotopic (exact) mass is 600 g/mol. The highest BCUT2D eigenvalue weighted by molar-refractivity contribution is 6.77. The Morgan fingerprint density at radius 2 is 0.837 bits per heavy atom. The fourth-order valence-corrected chi connectivity index (χ4v) is 11.8. The lowest BCUT2D eigenvalue weighted by Gasteiger charge is -2.46. The van der Waals surface area contributed by atoms with Crippen LogP contribution in [-0.4, -0.2) is 32.7 Å². The third-order valence-corrected chi connectivity index (χ3v) is 14.4. The minimum absolute atomic E-state index is 0.401. The molecule has 0 fully saturated rings. The van der Waals surface area contributed by atoms with E-state index in [1.165, 1.54) is 0 Å². The van der Waals surface area contributed by atoms with Gasteiger partial charge in [0.05, 0.1) is 25.9 Å². The maximum absolute atomic E-state index is 7.34. The SMILES string of the molecule is C=C[C@H](O[Si](C(C)C)(C(C)C)C(C)C)[C@H](OCc1ccccc1)[C@H](OCc1ccccc1)[C@H](C=C)OCc1ccccc1. The molecule has 0 aliphatic carbocycles. The van der Waals surface area contributed by atoms with Crippen LogP contribution in [0.15, 0.2) is 116 Å². The molecule has 0 bridgehead atoms. The number of hydrogen-bond acceptors (Lipinski definition) is 4. The molecule has 4 nitrogen and oxygen atoms in total. The van der Waals surface area contributed by atoms with Crippen LogP contribution in [0.5, 0.6) is 0 Å². The highest BCUT2D eigenvalue weighted by Gasteiger charge is 2.49. The van der Waals surface area contributed by atoms with Crippen molar-refractivity contribution in [2.75, 3.05) is 0 Å². The molecular weight excluding hydrogens is 549 g/mol. The fourth-order valence-electron chi connectivity index (χ4n) is 6.24. The topological polar surface area (TPSA) is 36.9 Å². The molecule has 3 rings (SSSR count). The van der Waals surface area contributed by atoms with Gasteiger partial charge in [0, 0.05) is 0 Å². The van der Waals surface area contributed by atoms with Gasteiger partial charge in [0.25, 0.3) is 0 Å². The van der Waals surface area contributed by atoms with Crippen molar-refractivity contribution in [2.45, 2.75) is 102 Å². The second-order valence-electron chi connectivity index (χ2n) is 12.2. The van der Waals surface area contributed by atoms with Crippen molar-refractivity contribution < 1.29 is 18.6 Å². The van der Waals surface area contributed by atoms with Crippen LogP contribution >= 0.6 is 0 Å². The molecule has 0 unspecified atom stereocenters. The summed E-state index contributed by atoms with van der Waals surface area (Å²) in [6.45, 7) is 23.5. The Morgan fingerprint density at radius 3 is 1.16 bits per heavy atom. The van der Waals surface area contributed by atoms with Gasteiger partial charge in [0.2, 0.25) is 8.32 Å². The van der Waals surface area contributed by atoms with Crippen molar-refractivity contribution in [2.24, 2.45) is 0 Å². The summed E-state index contributed by atoms with van der Waals surface area (Å²) in [5.74, 6) is 0. The third-order valence-electron chi connectivity index (χ3n) is 8.34. The number of hydrogen-bond donors (Lipinski definition) is 0. The molecule has 0 aromatic heterocycles. The van der Waals surface area contributed by atoms with E-state index < -0.39 is 32.7 Å². The minimum atomic E-state index is -2.31. The molecule has 3 aromatic carbocycles. The summed E-state index contributed by atoms with van der Waals surface area (Å²) in [4.78, 5) is 0. The Kier molecular flexibility index (Phi) is 14.1. The van der Waals surface area contributed by atoms with Crippen LogP contribution in [0.2, 0.25) is 16.6 Å². The lowest BCUT2D eigenvalue weighted by atomic mass is 10.0. The highest BCUT2D eigenvalue weighted by Crippen LogP contribution is 2.44. The summed E-state index contributed by atoms with van der Waals surface area (Å²) in [5.41, 5.74) is 4.44. The van der Waals surface area contributed by atoms with Crippen LogP contribution in [0, 0.1) is 0 Å². The lowest BCUT2D eigenvalue weighted by Crippen LogP contribution is -2.56. The zero-order chi connectivity index (χ0) is 31.2. The molecule has 0 saturated heterocycles. The van der Waals surface area contributed by atoms with Gasteiger partial charge in [-0.15, -0.1) is 13.2 Å². The average Bonchev–Trinajstić information content (AvgIpc) is 3.01. The van der Waals surface area contributed by atoms with Crippen LogP contribution in [-0.2, 0) is 38.5 Å². The second-order valence-corrected chi connectivity index (χ2v) is 17.6.